The number of aryl methyl sites for hydroxylation is 2. The number of thiophene rings is 1. The van der Waals surface area contributed by atoms with Gasteiger partial charge in [-0.15, -0.1) is 11.3 Å². The molecule has 0 aliphatic heterocycles. The number of fused-ring (bicyclic) bond motifs is 1. The zero-order valence-electron chi connectivity index (χ0n) is 17.8. The van der Waals surface area contributed by atoms with E-state index in [1.807, 2.05) is 31.2 Å². The number of amides is 1. The molecule has 8 nitrogen and oxygen atoms in total. The minimum Gasteiger partial charge on any atom is -0.538 e. The Morgan fingerprint density at radius 3 is 2.78 bits per heavy atom. The fourth-order valence-electron chi connectivity index (χ4n) is 3.58. The normalized spacial score (nSPS) is 12.9. The highest BCUT2D eigenvalue weighted by Crippen LogP contribution is 2.38. The van der Waals surface area contributed by atoms with Crippen molar-refractivity contribution in [2.24, 2.45) is 0 Å². The minimum atomic E-state index is -0.609. The number of carbonyl (C=O) groups is 2. The second-order valence-electron chi connectivity index (χ2n) is 7.39. The predicted octanol–water partition coefficient (Wildman–Crippen LogP) is 3.18. The van der Waals surface area contributed by atoms with E-state index in [1.165, 1.54) is 16.0 Å². The highest BCUT2D eigenvalue weighted by Gasteiger charge is 2.28. The zero-order valence-corrected chi connectivity index (χ0v) is 19.4. The van der Waals surface area contributed by atoms with Gasteiger partial charge in [0.2, 0.25) is 11.6 Å². The van der Waals surface area contributed by atoms with Gasteiger partial charge < -0.3 is 19.7 Å². The molecular formula is C22H23N3O5S2. The maximum Gasteiger partial charge on any atom is 0.341 e. The lowest BCUT2D eigenvalue weighted by molar-refractivity contribution is -0.705. The summed E-state index contributed by atoms with van der Waals surface area (Å²) in [4.78, 5) is 26.4. The second-order valence-corrected chi connectivity index (χ2v) is 9.45. The molecule has 1 amide bonds. The molecule has 2 aromatic heterocycles. The Kier molecular flexibility index (Phi) is 6.80. The van der Waals surface area contributed by atoms with Crippen LogP contribution in [0.3, 0.4) is 0 Å². The number of nitrogens with one attached hydrogen (secondary N) is 1. The molecule has 4 rings (SSSR count). The Balaban J connectivity index is 1.50. The first kappa shape index (κ1) is 22.3. The Morgan fingerprint density at radius 1 is 1.28 bits per heavy atom. The van der Waals surface area contributed by atoms with Gasteiger partial charge in [0, 0.05) is 17.0 Å². The highest BCUT2D eigenvalue weighted by atomic mass is 32.2. The van der Waals surface area contributed by atoms with Gasteiger partial charge in [-0.2, -0.15) is 0 Å². The number of hydrogen-bond donors (Lipinski definition) is 1. The molecule has 10 heteroatoms. The summed E-state index contributed by atoms with van der Waals surface area (Å²) in [6, 6.07) is 7.45. The largest absolute Gasteiger partial charge is 0.538 e. The smallest absolute Gasteiger partial charge is 0.341 e. The van der Waals surface area contributed by atoms with E-state index in [0.29, 0.717) is 16.3 Å². The molecule has 32 heavy (non-hydrogen) atoms. The molecule has 0 unspecified atom stereocenters. The third-order valence-corrected chi connectivity index (χ3v) is 7.32. The van der Waals surface area contributed by atoms with Gasteiger partial charge in [-0.3, -0.25) is 4.79 Å². The maximum absolute atomic E-state index is 12.7. The first-order chi connectivity index (χ1) is 15.5. The Hall–Kier alpha value is -2.85. The zero-order chi connectivity index (χ0) is 22.7. The average Bonchev–Trinajstić information content (AvgIpc) is 3.32. The standard InChI is InChI=1S/C22H23N3O5S2/c1-3-29-21(27)18-15-6-4-5-7-16(15)32-19(18)23-17(26)12-31-20-22(28)30-24-25(20)14-10-8-13(2)9-11-14/h8-11H,3-7,12H2,1-2H3,(H-,23,24,26,27,28). The highest BCUT2D eigenvalue weighted by molar-refractivity contribution is 7.99. The van der Waals surface area contributed by atoms with Crippen LogP contribution in [0.4, 0.5) is 5.00 Å². The Labute approximate surface area is 193 Å². The Morgan fingerprint density at radius 2 is 2.03 bits per heavy atom. The van der Waals surface area contributed by atoms with Crippen LogP contribution in [0.2, 0.25) is 0 Å². The van der Waals surface area contributed by atoms with Crippen molar-refractivity contribution >= 4 is 40.0 Å². The minimum absolute atomic E-state index is 0.0346. The number of nitrogens with zero attached hydrogens (tertiary/aromatic N) is 2. The average molecular weight is 474 g/mol. The molecule has 0 atom stereocenters. The second kappa shape index (κ2) is 9.74. The first-order valence-corrected chi connectivity index (χ1v) is 12.2. The van der Waals surface area contributed by atoms with Crippen LogP contribution in [-0.4, -0.2) is 29.5 Å². The van der Waals surface area contributed by atoms with Gasteiger partial charge in [-0.25, -0.2) is 4.79 Å². The molecule has 1 aromatic carbocycles. The number of hydrogen-bond acceptors (Lipinski definition) is 8. The summed E-state index contributed by atoms with van der Waals surface area (Å²) in [7, 11) is 0. The van der Waals surface area contributed by atoms with Crippen molar-refractivity contribution in [2.45, 2.75) is 44.6 Å². The van der Waals surface area contributed by atoms with Gasteiger partial charge in [0.15, 0.2) is 5.95 Å². The quantitative estimate of drug-likeness (QED) is 0.319. The monoisotopic (exact) mass is 473 g/mol. The van der Waals surface area contributed by atoms with Crippen LogP contribution in [-0.2, 0) is 22.4 Å². The molecule has 2 heterocycles. The van der Waals surface area contributed by atoms with E-state index in [-0.39, 0.29) is 23.3 Å². The van der Waals surface area contributed by atoms with Crippen LogP contribution < -0.4 is 15.1 Å². The van der Waals surface area contributed by atoms with E-state index in [1.54, 1.807) is 6.92 Å². The van der Waals surface area contributed by atoms with E-state index in [9.17, 15) is 14.7 Å². The lowest BCUT2D eigenvalue weighted by Crippen LogP contribution is -2.35. The number of aromatic nitrogens is 2. The van der Waals surface area contributed by atoms with Crippen molar-refractivity contribution in [3.05, 3.63) is 45.8 Å². The van der Waals surface area contributed by atoms with Crippen molar-refractivity contribution < 1.29 is 28.6 Å². The lowest BCUT2D eigenvalue weighted by atomic mass is 9.95. The maximum atomic E-state index is 12.7. The predicted molar refractivity (Wildman–Crippen MR) is 118 cm³/mol. The van der Waals surface area contributed by atoms with E-state index in [2.05, 4.69) is 10.6 Å². The molecule has 168 valence electrons. The fourth-order valence-corrected chi connectivity index (χ4v) is 5.63. The van der Waals surface area contributed by atoms with Crippen LogP contribution in [0.1, 0.15) is 46.1 Å². The molecule has 0 fully saturated rings. The van der Waals surface area contributed by atoms with Gasteiger partial charge in [-0.05, 0) is 61.5 Å². The van der Waals surface area contributed by atoms with Crippen LogP contribution in [0.15, 0.2) is 33.8 Å². The van der Waals surface area contributed by atoms with Gasteiger partial charge in [0.1, 0.15) is 5.00 Å². The van der Waals surface area contributed by atoms with Crippen molar-refractivity contribution in [3.8, 4) is 11.6 Å². The molecule has 1 N–H and O–H groups in total. The van der Waals surface area contributed by atoms with E-state index >= 15 is 0 Å². The van der Waals surface area contributed by atoms with Crippen LogP contribution in [0.25, 0.3) is 5.69 Å². The number of thioether (sulfide) groups is 1. The molecule has 0 saturated heterocycles. The van der Waals surface area contributed by atoms with Crippen LogP contribution >= 0.6 is 23.1 Å². The summed E-state index contributed by atoms with van der Waals surface area (Å²) >= 11 is 2.47. The molecule has 1 aliphatic carbocycles. The summed E-state index contributed by atoms with van der Waals surface area (Å²) in [6.07, 6.45) is 3.78. The van der Waals surface area contributed by atoms with Crippen molar-refractivity contribution in [1.82, 2.24) is 5.27 Å². The van der Waals surface area contributed by atoms with Gasteiger partial charge in [0.05, 0.1) is 23.2 Å². The third-order valence-electron chi connectivity index (χ3n) is 5.09. The summed E-state index contributed by atoms with van der Waals surface area (Å²) in [5.41, 5.74) is 3.19. The van der Waals surface area contributed by atoms with Gasteiger partial charge >= 0.3 is 5.97 Å². The number of anilines is 1. The molecule has 3 aromatic rings. The Bertz CT molecular complexity index is 1140. The first-order valence-electron chi connectivity index (χ1n) is 10.4. The number of benzene rings is 1. The van der Waals surface area contributed by atoms with E-state index < -0.39 is 11.9 Å². The van der Waals surface area contributed by atoms with Crippen molar-refractivity contribution in [3.63, 3.8) is 0 Å². The fraction of sp³-hybridized carbons (Fsp3) is 0.364. The van der Waals surface area contributed by atoms with Crippen LogP contribution in [0.5, 0.6) is 5.95 Å². The van der Waals surface area contributed by atoms with Crippen molar-refractivity contribution in [2.75, 3.05) is 17.7 Å². The number of ether oxygens (including phenoxy) is 1. The van der Waals surface area contributed by atoms with Crippen molar-refractivity contribution in [1.29, 1.82) is 0 Å². The lowest BCUT2D eigenvalue weighted by Gasteiger charge is -2.12. The molecular weight excluding hydrogens is 450 g/mol. The number of esters is 1. The molecule has 0 radical (unpaired) electrons. The van der Waals surface area contributed by atoms with Gasteiger partial charge in [-0.1, -0.05) is 17.7 Å². The van der Waals surface area contributed by atoms with Gasteiger partial charge in [0.25, 0.3) is 5.03 Å². The summed E-state index contributed by atoms with van der Waals surface area (Å²) in [6.45, 7) is 3.99. The molecule has 1 aliphatic rings. The summed E-state index contributed by atoms with van der Waals surface area (Å²) in [5.74, 6) is -1.38. The van der Waals surface area contributed by atoms with E-state index in [0.717, 1.165) is 53.4 Å². The summed E-state index contributed by atoms with van der Waals surface area (Å²) in [5, 5.41) is 19.5. The third kappa shape index (κ3) is 4.66. The topological polar surface area (TPSA) is 108 Å². The number of rotatable bonds is 7. The summed E-state index contributed by atoms with van der Waals surface area (Å²) < 4.78 is 11.4. The van der Waals surface area contributed by atoms with E-state index in [4.69, 9.17) is 9.26 Å². The SMILES string of the molecule is CCOC(=O)c1c(NC(=O)CSc2c([O-])on[n+]2-c2ccc(C)cc2)sc2c1CCCC2. The molecule has 0 spiro atoms. The van der Waals surface area contributed by atoms with Crippen LogP contribution in [0, 0.1) is 6.92 Å². The molecule has 0 saturated carbocycles. The molecule has 0 bridgehead atoms. The number of carbonyl (C=O) groups excluding carboxylic acids is 2.